The van der Waals surface area contributed by atoms with E-state index in [-0.39, 0.29) is 6.71 Å². The molecule has 0 atom stereocenters. The average molecular weight is 778 g/mol. The van der Waals surface area contributed by atoms with Gasteiger partial charge in [-0.2, -0.15) is 0 Å². The van der Waals surface area contributed by atoms with Crippen molar-refractivity contribution in [1.29, 1.82) is 0 Å². The number of anilines is 3. The summed E-state index contributed by atoms with van der Waals surface area (Å²) in [6.45, 7) is 28.1. The molecule has 8 rings (SSSR count). The van der Waals surface area contributed by atoms with Crippen molar-refractivity contribution in [3.63, 3.8) is 0 Å². The van der Waals surface area contributed by atoms with Crippen molar-refractivity contribution in [1.82, 2.24) is 0 Å². The molecule has 1 heterocycles. The lowest BCUT2D eigenvalue weighted by Gasteiger charge is -2.30. The molecule has 0 fully saturated rings. The zero-order chi connectivity index (χ0) is 40.6. The minimum atomic E-state index is -1.45. The van der Waals surface area contributed by atoms with Gasteiger partial charge in [0.15, 0.2) is 0 Å². The Kier molecular flexibility index (Phi) is 9.77. The van der Waals surface area contributed by atoms with Gasteiger partial charge in [-0.1, -0.05) is 172 Å². The molecular formula is C52H56BNOSi2. The molecule has 0 aromatic heterocycles. The van der Waals surface area contributed by atoms with Crippen molar-refractivity contribution in [2.24, 2.45) is 0 Å². The van der Waals surface area contributed by atoms with E-state index in [9.17, 15) is 0 Å². The highest BCUT2D eigenvalue weighted by Gasteiger charge is 2.32. The molecule has 0 saturated heterocycles. The van der Waals surface area contributed by atoms with Crippen LogP contribution in [-0.2, 0) is 0 Å². The van der Waals surface area contributed by atoms with Gasteiger partial charge in [0.05, 0.1) is 16.1 Å². The molecule has 1 aliphatic heterocycles. The Bertz CT molecular complexity index is 2520. The molecule has 1 aliphatic rings. The first-order valence-corrected chi connectivity index (χ1v) is 27.5. The van der Waals surface area contributed by atoms with E-state index in [1.54, 1.807) is 0 Å². The fraction of sp³-hybridized carbons (Fsp3) is 0.231. The normalized spacial score (nSPS) is 12.4. The van der Waals surface area contributed by atoms with Crippen LogP contribution in [0.15, 0.2) is 121 Å². The van der Waals surface area contributed by atoms with Crippen molar-refractivity contribution in [3.8, 4) is 22.6 Å². The number of hydrogen-bond donors (Lipinski definition) is 0. The van der Waals surface area contributed by atoms with Gasteiger partial charge in [0.25, 0.3) is 0 Å². The maximum Gasteiger partial charge on any atom is 0.243 e. The van der Waals surface area contributed by atoms with Gasteiger partial charge in [0.2, 0.25) is 6.71 Å². The van der Waals surface area contributed by atoms with Crippen LogP contribution in [0.5, 0.6) is 11.5 Å². The lowest BCUT2D eigenvalue weighted by atomic mass is 9.33. The molecule has 0 amide bonds. The molecule has 0 radical (unpaired) electrons. The highest BCUT2D eigenvalue weighted by atomic mass is 28.3. The van der Waals surface area contributed by atoms with Gasteiger partial charge >= 0.3 is 0 Å². The Hall–Kier alpha value is -5.10. The van der Waals surface area contributed by atoms with Crippen LogP contribution in [0.2, 0.25) is 39.3 Å². The second-order valence-corrected chi connectivity index (χ2v) is 28.8. The number of aryl methyl sites for hydroxylation is 6. The number of fused-ring (bicyclic) bond motifs is 2. The molecule has 2 nitrogen and oxygen atoms in total. The highest BCUT2D eigenvalue weighted by Crippen LogP contribution is 2.48. The third-order valence-corrected chi connectivity index (χ3v) is 16.2. The quantitative estimate of drug-likeness (QED) is 0.143. The Balaban J connectivity index is 1.29. The summed E-state index contributed by atoms with van der Waals surface area (Å²) in [7, 11) is -2.91. The molecule has 0 aliphatic carbocycles. The summed E-state index contributed by atoms with van der Waals surface area (Å²) in [6.07, 6.45) is 0. The number of ether oxygens (including phenoxy) is 1. The van der Waals surface area contributed by atoms with Crippen LogP contribution in [0.25, 0.3) is 21.9 Å². The van der Waals surface area contributed by atoms with E-state index in [0.29, 0.717) is 0 Å². The summed E-state index contributed by atoms with van der Waals surface area (Å²) >= 11 is 0. The third-order valence-electron chi connectivity index (χ3n) is 12.1. The summed E-state index contributed by atoms with van der Waals surface area (Å²) in [6, 6.07) is 46.1. The SMILES string of the molecule is Cc1cc(C)c(B(c2c(C)cc(C)cc2C)c2ccc3c4c(cccc24)Oc2cc(N(c4ccc([Si](C)(C)C)cc4)c4ccc([Si](C)(C)C)cc4)ccc2-3)c(C)c1. The van der Waals surface area contributed by atoms with E-state index in [1.165, 1.54) is 76.5 Å². The molecule has 7 aromatic carbocycles. The van der Waals surface area contributed by atoms with Crippen molar-refractivity contribution < 1.29 is 4.74 Å². The number of nitrogens with zero attached hydrogens (tertiary/aromatic N) is 1. The lowest BCUT2D eigenvalue weighted by Crippen LogP contribution is -2.56. The average Bonchev–Trinajstić information content (AvgIpc) is 3.13. The Morgan fingerprint density at radius 1 is 0.456 bits per heavy atom. The first kappa shape index (κ1) is 38.8. The molecular weight excluding hydrogens is 722 g/mol. The van der Waals surface area contributed by atoms with Crippen LogP contribution in [0.4, 0.5) is 17.1 Å². The van der Waals surface area contributed by atoms with E-state index in [2.05, 4.69) is 207 Å². The van der Waals surface area contributed by atoms with Gasteiger partial charge in [0, 0.05) is 34.1 Å². The Labute approximate surface area is 343 Å². The van der Waals surface area contributed by atoms with Gasteiger partial charge in [-0.05, 0) is 95.0 Å². The van der Waals surface area contributed by atoms with E-state index in [4.69, 9.17) is 4.74 Å². The molecule has 7 aromatic rings. The lowest BCUT2D eigenvalue weighted by molar-refractivity contribution is 0.487. The minimum absolute atomic E-state index is 0.0764. The topological polar surface area (TPSA) is 12.5 Å². The predicted octanol–water partition coefficient (Wildman–Crippen LogP) is 11.5. The molecule has 0 spiro atoms. The maximum atomic E-state index is 7.00. The molecule has 286 valence electrons. The summed E-state index contributed by atoms with van der Waals surface area (Å²) in [5.41, 5.74) is 17.8. The van der Waals surface area contributed by atoms with Gasteiger partial charge < -0.3 is 9.64 Å². The van der Waals surface area contributed by atoms with E-state index >= 15 is 0 Å². The molecule has 0 bridgehead atoms. The van der Waals surface area contributed by atoms with Crippen LogP contribution < -0.4 is 36.4 Å². The largest absolute Gasteiger partial charge is 0.456 e. The van der Waals surface area contributed by atoms with Crippen LogP contribution in [0, 0.1) is 41.5 Å². The van der Waals surface area contributed by atoms with Crippen molar-refractivity contribution in [3.05, 3.63) is 155 Å². The zero-order valence-corrected chi connectivity index (χ0v) is 38.0. The van der Waals surface area contributed by atoms with Gasteiger partial charge in [0.1, 0.15) is 11.5 Å². The second kappa shape index (κ2) is 14.4. The summed E-state index contributed by atoms with van der Waals surface area (Å²) in [5, 5.41) is 5.35. The fourth-order valence-corrected chi connectivity index (χ4v) is 11.8. The zero-order valence-electron chi connectivity index (χ0n) is 36.0. The molecule has 5 heteroatoms. The van der Waals surface area contributed by atoms with E-state index < -0.39 is 16.1 Å². The minimum Gasteiger partial charge on any atom is -0.456 e. The van der Waals surface area contributed by atoms with Crippen molar-refractivity contribution >= 4 is 77.5 Å². The van der Waals surface area contributed by atoms with E-state index in [1.807, 2.05) is 0 Å². The number of hydrogen-bond acceptors (Lipinski definition) is 2. The second-order valence-electron chi connectivity index (χ2n) is 18.7. The molecule has 0 N–H and O–H groups in total. The standard InChI is InChI=1S/C52H56BNOSi2/c1-33-28-35(3)51(36(4)29-33)53(52-37(5)30-34(2)31-38(52)6)47-27-26-45-44-25-20-41(32-49(44)55-48-15-13-14-46(47)50(45)48)54(39-16-21-42(22-17-39)56(7,8)9)40-18-23-43(24-19-40)57(10,11)12/h13-32H,1-12H3. The monoisotopic (exact) mass is 777 g/mol. The fourth-order valence-electron chi connectivity index (χ4n) is 9.45. The summed E-state index contributed by atoms with van der Waals surface area (Å²) in [5.74, 6) is 1.79. The number of benzene rings is 7. The smallest absolute Gasteiger partial charge is 0.243 e. The van der Waals surface area contributed by atoms with Crippen molar-refractivity contribution in [2.75, 3.05) is 4.90 Å². The van der Waals surface area contributed by atoms with Gasteiger partial charge in [-0.15, -0.1) is 0 Å². The Morgan fingerprint density at radius 3 is 1.39 bits per heavy atom. The molecule has 57 heavy (non-hydrogen) atoms. The first-order chi connectivity index (χ1) is 27.0. The summed E-state index contributed by atoms with van der Waals surface area (Å²) < 4.78 is 7.00. The van der Waals surface area contributed by atoms with Gasteiger partial charge in [-0.25, -0.2) is 0 Å². The van der Waals surface area contributed by atoms with Crippen LogP contribution in [-0.4, -0.2) is 22.9 Å². The Morgan fingerprint density at radius 2 is 0.912 bits per heavy atom. The van der Waals surface area contributed by atoms with Crippen LogP contribution in [0.1, 0.15) is 33.4 Å². The van der Waals surface area contributed by atoms with Crippen molar-refractivity contribution in [2.45, 2.75) is 80.8 Å². The predicted molar refractivity (Wildman–Crippen MR) is 256 cm³/mol. The maximum absolute atomic E-state index is 7.00. The molecule has 0 saturated carbocycles. The number of rotatable bonds is 8. The highest BCUT2D eigenvalue weighted by molar-refractivity contribution is 6.98. The summed E-state index contributed by atoms with van der Waals surface area (Å²) in [4.78, 5) is 2.38. The van der Waals surface area contributed by atoms with Crippen LogP contribution >= 0.6 is 0 Å². The third kappa shape index (κ3) is 7.10. The van der Waals surface area contributed by atoms with Crippen LogP contribution in [0.3, 0.4) is 0 Å². The van der Waals surface area contributed by atoms with Gasteiger partial charge in [-0.3, -0.25) is 0 Å². The molecule has 0 unspecified atom stereocenters. The first-order valence-electron chi connectivity index (χ1n) is 20.5. The van der Waals surface area contributed by atoms with E-state index in [0.717, 1.165) is 34.1 Å².